The third kappa shape index (κ3) is 4.16. The van der Waals surface area contributed by atoms with Gasteiger partial charge in [-0.05, 0) is 67.0 Å². The van der Waals surface area contributed by atoms with Crippen molar-refractivity contribution in [3.63, 3.8) is 0 Å². The summed E-state index contributed by atoms with van der Waals surface area (Å²) < 4.78 is 36.7. The summed E-state index contributed by atoms with van der Waals surface area (Å²) >= 11 is -0.0568. The number of nitrogens with one attached hydrogen (secondary N) is 1. The van der Waals surface area contributed by atoms with Gasteiger partial charge in [0.15, 0.2) is 0 Å². The van der Waals surface area contributed by atoms with Gasteiger partial charge in [-0.25, -0.2) is 0 Å². The second kappa shape index (κ2) is 5.60. The summed E-state index contributed by atoms with van der Waals surface area (Å²) in [5.74, 6) is 1.67. The molecule has 0 aliphatic heterocycles. The standard InChI is InChI=1S/C15H18F3NS/c16-15(17,18)20-13-7-1-10(2-8-13)9-19-14(11-3-4-11)12-5-6-12/h1-2,7-8,11-12,14,19H,3-6,9H2. The highest BCUT2D eigenvalue weighted by Crippen LogP contribution is 2.44. The van der Waals surface area contributed by atoms with Gasteiger partial charge in [0.05, 0.1) is 0 Å². The van der Waals surface area contributed by atoms with Gasteiger partial charge in [-0.1, -0.05) is 12.1 Å². The highest BCUT2D eigenvalue weighted by molar-refractivity contribution is 8.00. The van der Waals surface area contributed by atoms with Crippen molar-refractivity contribution in [2.45, 2.75) is 48.7 Å². The average Bonchev–Trinajstić information content (AvgIpc) is 3.24. The van der Waals surface area contributed by atoms with Crippen molar-refractivity contribution in [1.29, 1.82) is 0 Å². The maximum Gasteiger partial charge on any atom is 0.446 e. The van der Waals surface area contributed by atoms with Crippen LogP contribution in [0, 0.1) is 11.8 Å². The molecule has 0 aromatic heterocycles. The Morgan fingerprint density at radius 1 is 1.05 bits per heavy atom. The first-order chi connectivity index (χ1) is 9.51. The van der Waals surface area contributed by atoms with E-state index in [4.69, 9.17) is 0 Å². The van der Waals surface area contributed by atoms with Crippen molar-refractivity contribution in [3.05, 3.63) is 29.8 Å². The van der Waals surface area contributed by atoms with Crippen LogP contribution in [0.15, 0.2) is 29.2 Å². The maximum atomic E-state index is 12.2. The minimum atomic E-state index is -4.21. The molecule has 20 heavy (non-hydrogen) atoms. The monoisotopic (exact) mass is 301 g/mol. The number of thioether (sulfide) groups is 1. The first-order valence-electron chi connectivity index (χ1n) is 7.09. The van der Waals surface area contributed by atoms with E-state index in [9.17, 15) is 13.2 Å². The Morgan fingerprint density at radius 2 is 1.60 bits per heavy atom. The van der Waals surface area contributed by atoms with Crippen molar-refractivity contribution >= 4 is 11.8 Å². The molecule has 0 spiro atoms. The van der Waals surface area contributed by atoms with Crippen molar-refractivity contribution in [3.8, 4) is 0 Å². The molecule has 1 aromatic carbocycles. The predicted molar refractivity (Wildman–Crippen MR) is 74.4 cm³/mol. The Labute approximate surface area is 121 Å². The Balaban J connectivity index is 1.52. The van der Waals surface area contributed by atoms with Crippen LogP contribution in [-0.4, -0.2) is 11.6 Å². The number of benzene rings is 1. The van der Waals surface area contributed by atoms with E-state index < -0.39 is 5.51 Å². The van der Waals surface area contributed by atoms with Crippen molar-refractivity contribution in [1.82, 2.24) is 5.32 Å². The van der Waals surface area contributed by atoms with Gasteiger partial charge < -0.3 is 5.32 Å². The molecule has 110 valence electrons. The van der Waals surface area contributed by atoms with E-state index in [1.165, 1.54) is 25.7 Å². The number of rotatable bonds is 6. The van der Waals surface area contributed by atoms with Gasteiger partial charge in [0.2, 0.25) is 0 Å². The summed E-state index contributed by atoms with van der Waals surface area (Å²) in [5.41, 5.74) is -3.15. The van der Waals surface area contributed by atoms with Gasteiger partial charge in [-0.3, -0.25) is 0 Å². The molecule has 2 fully saturated rings. The number of hydrogen-bond donors (Lipinski definition) is 1. The molecule has 0 amide bonds. The van der Waals surface area contributed by atoms with E-state index in [0.29, 0.717) is 6.04 Å². The molecular formula is C15H18F3NS. The molecule has 0 unspecified atom stereocenters. The average molecular weight is 301 g/mol. The van der Waals surface area contributed by atoms with Crippen LogP contribution in [0.2, 0.25) is 0 Å². The van der Waals surface area contributed by atoms with Crippen LogP contribution in [-0.2, 0) is 6.54 Å². The summed E-state index contributed by atoms with van der Waals surface area (Å²) in [6.07, 6.45) is 5.31. The third-order valence-electron chi connectivity index (χ3n) is 3.96. The second-order valence-electron chi connectivity index (χ2n) is 5.77. The zero-order valence-electron chi connectivity index (χ0n) is 11.1. The first-order valence-corrected chi connectivity index (χ1v) is 7.91. The molecule has 2 aliphatic rings. The summed E-state index contributed by atoms with van der Waals surface area (Å²) in [6, 6.07) is 7.31. The fourth-order valence-electron chi connectivity index (χ4n) is 2.67. The fraction of sp³-hybridized carbons (Fsp3) is 0.600. The van der Waals surface area contributed by atoms with Crippen LogP contribution in [0.1, 0.15) is 31.2 Å². The Bertz CT molecular complexity index is 437. The molecule has 1 aromatic rings. The van der Waals surface area contributed by atoms with E-state index >= 15 is 0 Å². The zero-order valence-corrected chi connectivity index (χ0v) is 11.9. The van der Waals surface area contributed by atoms with Gasteiger partial charge in [0.1, 0.15) is 0 Å². The Hall–Kier alpha value is -0.680. The smallest absolute Gasteiger partial charge is 0.309 e. The first kappa shape index (κ1) is 14.3. The Morgan fingerprint density at radius 3 is 2.05 bits per heavy atom. The lowest BCUT2D eigenvalue weighted by Crippen LogP contribution is -2.32. The molecule has 2 aliphatic carbocycles. The van der Waals surface area contributed by atoms with Gasteiger partial charge in [0, 0.05) is 17.5 Å². The van der Waals surface area contributed by atoms with Gasteiger partial charge in [-0.15, -0.1) is 0 Å². The topological polar surface area (TPSA) is 12.0 Å². The van der Waals surface area contributed by atoms with Crippen LogP contribution >= 0.6 is 11.8 Å². The summed E-state index contributed by atoms with van der Waals surface area (Å²) in [7, 11) is 0. The largest absolute Gasteiger partial charge is 0.446 e. The van der Waals surface area contributed by atoms with Crippen LogP contribution in [0.5, 0.6) is 0 Å². The number of alkyl halides is 3. The molecular weight excluding hydrogens is 283 g/mol. The number of halogens is 3. The molecule has 2 saturated carbocycles. The molecule has 3 rings (SSSR count). The molecule has 0 atom stereocenters. The lowest BCUT2D eigenvalue weighted by Gasteiger charge is -2.17. The molecule has 1 nitrogen and oxygen atoms in total. The van der Waals surface area contributed by atoms with Crippen molar-refractivity contribution < 1.29 is 13.2 Å². The lowest BCUT2D eigenvalue weighted by molar-refractivity contribution is -0.0328. The van der Waals surface area contributed by atoms with Crippen molar-refractivity contribution in [2.24, 2.45) is 11.8 Å². The molecule has 5 heteroatoms. The molecule has 0 heterocycles. The normalized spacial score (nSPS) is 19.6. The van der Waals surface area contributed by atoms with E-state index in [1.54, 1.807) is 24.3 Å². The summed E-state index contributed by atoms with van der Waals surface area (Å²) in [4.78, 5) is 0.252. The summed E-state index contributed by atoms with van der Waals surface area (Å²) in [6.45, 7) is 0.759. The van der Waals surface area contributed by atoms with Crippen LogP contribution in [0.4, 0.5) is 13.2 Å². The number of hydrogen-bond acceptors (Lipinski definition) is 2. The fourth-order valence-corrected chi connectivity index (χ4v) is 3.21. The molecule has 0 bridgehead atoms. The van der Waals surface area contributed by atoms with Gasteiger partial charge in [-0.2, -0.15) is 13.2 Å². The zero-order chi connectivity index (χ0) is 14.2. The molecule has 1 N–H and O–H groups in total. The molecule has 0 radical (unpaired) electrons. The quantitative estimate of drug-likeness (QED) is 0.772. The maximum absolute atomic E-state index is 12.2. The van der Waals surface area contributed by atoms with Crippen LogP contribution in [0.3, 0.4) is 0 Å². The Kier molecular flexibility index (Phi) is 4.00. The van der Waals surface area contributed by atoms with Gasteiger partial charge >= 0.3 is 5.51 Å². The minimum Gasteiger partial charge on any atom is -0.309 e. The van der Waals surface area contributed by atoms with E-state index in [1.807, 2.05) is 0 Å². The predicted octanol–water partition coefficient (Wildman–Crippen LogP) is 4.58. The highest BCUT2D eigenvalue weighted by atomic mass is 32.2. The summed E-state index contributed by atoms with van der Waals surface area (Å²) in [5, 5.41) is 3.60. The van der Waals surface area contributed by atoms with Crippen LogP contribution < -0.4 is 5.32 Å². The SMILES string of the molecule is FC(F)(F)Sc1ccc(CNC(C2CC2)C2CC2)cc1. The van der Waals surface area contributed by atoms with Crippen LogP contribution in [0.25, 0.3) is 0 Å². The third-order valence-corrected chi connectivity index (χ3v) is 4.70. The van der Waals surface area contributed by atoms with Gasteiger partial charge in [0.25, 0.3) is 0 Å². The minimum absolute atomic E-state index is 0.0568. The van der Waals surface area contributed by atoms with E-state index in [2.05, 4.69) is 5.32 Å². The van der Waals surface area contributed by atoms with E-state index in [0.717, 1.165) is 23.9 Å². The van der Waals surface area contributed by atoms with E-state index in [-0.39, 0.29) is 16.7 Å². The lowest BCUT2D eigenvalue weighted by atomic mass is 10.1. The van der Waals surface area contributed by atoms with Crippen molar-refractivity contribution in [2.75, 3.05) is 0 Å². The highest BCUT2D eigenvalue weighted by Gasteiger charge is 2.40. The molecule has 0 saturated heterocycles. The second-order valence-corrected chi connectivity index (χ2v) is 6.91.